The Morgan fingerprint density at radius 2 is 2.00 bits per heavy atom. The van der Waals surface area contributed by atoms with Gasteiger partial charge in [0.05, 0.1) is 31.0 Å². The van der Waals surface area contributed by atoms with E-state index in [1.165, 1.54) is 5.56 Å². The molecule has 172 valence electrons. The molecular formula is C26H29N3O4. The third-order valence-corrected chi connectivity index (χ3v) is 5.89. The quantitative estimate of drug-likeness (QED) is 0.499. The average Bonchev–Trinajstić information content (AvgIpc) is 3.17. The summed E-state index contributed by atoms with van der Waals surface area (Å²) in [6.07, 6.45) is 1.83. The number of rotatable bonds is 8. The molecule has 2 heterocycles. The molecule has 2 aromatic carbocycles. The summed E-state index contributed by atoms with van der Waals surface area (Å²) in [6, 6.07) is 13.2. The van der Waals surface area contributed by atoms with Gasteiger partial charge >= 0.3 is 0 Å². The maximum Gasteiger partial charge on any atom is 0.226 e. The van der Waals surface area contributed by atoms with E-state index in [0.717, 1.165) is 29.8 Å². The Labute approximate surface area is 193 Å². The molecule has 7 heteroatoms. The zero-order chi connectivity index (χ0) is 23.5. The van der Waals surface area contributed by atoms with Crippen LogP contribution < -0.4 is 14.8 Å². The van der Waals surface area contributed by atoms with Gasteiger partial charge < -0.3 is 14.8 Å². The number of nitrogens with one attached hydrogen (secondary N) is 1. The summed E-state index contributed by atoms with van der Waals surface area (Å²) < 4.78 is 12.9. The number of hydrogen-bond acceptors (Lipinski definition) is 5. The van der Waals surface area contributed by atoms with Gasteiger partial charge in [0.15, 0.2) is 17.3 Å². The molecule has 1 atom stereocenters. The Morgan fingerprint density at radius 1 is 1.18 bits per heavy atom. The molecule has 1 aromatic heterocycles. The molecule has 1 aliphatic heterocycles. The van der Waals surface area contributed by atoms with E-state index in [-0.39, 0.29) is 18.1 Å². The predicted octanol–water partition coefficient (Wildman–Crippen LogP) is 4.85. The number of ketones is 1. The van der Waals surface area contributed by atoms with E-state index in [9.17, 15) is 9.59 Å². The molecule has 1 unspecified atom stereocenters. The Bertz CT molecular complexity index is 1200. The zero-order valence-electron chi connectivity index (χ0n) is 19.5. The van der Waals surface area contributed by atoms with Gasteiger partial charge in [0.1, 0.15) is 5.82 Å². The Kier molecular flexibility index (Phi) is 6.49. The monoisotopic (exact) mass is 447 g/mol. The highest BCUT2D eigenvalue weighted by atomic mass is 16.5. The number of nitrogens with zero attached hydrogens (tertiary/aromatic N) is 2. The lowest BCUT2D eigenvalue weighted by Crippen LogP contribution is -2.28. The van der Waals surface area contributed by atoms with E-state index in [4.69, 9.17) is 9.47 Å². The first kappa shape index (κ1) is 22.6. The molecule has 0 fully saturated rings. The van der Waals surface area contributed by atoms with Crippen molar-refractivity contribution in [2.45, 2.75) is 46.0 Å². The first-order valence-electron chi connectivity index (χ1n) is 11.3. The van der Waals surface area contributed by atoms with E-state index in [1.807, 2.05) is 32.0 Å². The van der Waals surface area contributed by atoms with Crippen molar-refractivity contribution in [3.63, 3.8) is 0 Å². The lowest BCUT2D eigenvalue weighted by Gasteiger charge is -2.23. The fourth-order valence-electron chi connectivity index (χ4n) is 4.22. The molecule has 0 spiro atoms. The molecule has 0 aliphatic carbocycles. The van der Waals surface area contributed by atoms with Gasteiger partial charge in [0, 0.05) is 17.5 Å². The molecule has 33 heavy (non-hydrogen) atoms. The van der Waals surface area contributed by atoms with Gasteiger partial charge in [-0.25, -0.2) is 4.68 Å². The summed E-state index contributed by atoms with van der Waals surface area (Å²) in [5.41, 5.74) is 3.97. The smallest absolute Gasteiger partial charge is 0.226 e. The minimum Gasteiger partial charge on any atom is -0.493 e. The molecule has 0 bridgehead atoms. The van der Waals surface area contributed by atoms with Crippen LogP contribution >= 0.6 is 0 Å². The second kappa shape index (κ2) is 9.48. The summed E-state index contributed by atoms with van der Waals surface area (Å²) >= 11 is 0. The lowest BCUT2D eigenvalue weighted by molar-refractivity contribution is -0.116. The summed E-state index contributed by atoms with van der Waals surface area (Å²) in [7, 11) is 1.55. The number of carbonyl (C=O) groups excluding carboxylic acids is 2. The van der Waals surface area contributed by atoms with E-state index in [0.29, 0.717) is 29.5 Å². The van der Waals surface area contributed by atoms with Crippen molar-refractivity contribution in [3.8, 4) is 17.2 Å². The van der Waals surface area contributed by atoms with E-state index >= 15 is 0 Å². The number of Topliss-reactive ketones (excluding diaryl/α,β-unsaturated/α-hetero) is 1. The van der Waals surface area contributed by atoms with Crippen molar-refractivity contribution in [1.82, 2.24) is 9.78 Å². The molecule has 1 aliphatic rings. The maximum absolute atomic E-state index is 13.6. The highest BCUT2D eigenvalue weighted by Gasteiger charge is 2.36. The van der Waals surface area contributed by atoms with Crippen LogP contribution in [0.25, 0.3) is 5.69 Å². The molecule has 0 radical (unpaired) electrons. The number of methoxy groups -OCH3 is 1. The normalized spacial score (nSPS) is 15.0. The van der Waals surface area contributed by atoms with Crippen molar-refractivity contribution >= 4 is 17.5 Å². The van der Waals surface area contributed by atoms with Crippen molar-refractivity contribution in [3.05, 3.63) is 64.8 Å². The topological polar surface area (TPSA) is 82.5 Å². The number of amides is 1. The van der Waals surface area contributed by atoms with E-state index < -0.39 is 5.92 Å². The highest BCUT2D eigenvalue weighted by Crippen LogP contribution is 2.39. The summed E-state index contributed by atoms with van der Waals surface area (Å²) in [4.78, 5) is 26.2. The molecule has 4 rings (SSSR count). The molecule has 1 N–H and O–H groups in total. The first-order chi connectivity index (χ1) is 16.0. The highest BCUT2D eigenvalue weighted by molar-refractivity contribution is 6.08. The first-order valence-corrected chi connectivity index (χ1v) is 11.3. The third kappa shape index (κ3) is 4.35. The lowest BCUT2D eigenvalue weighted by atomic mass is 9.85. The van der Waals surface area contributed by atoms with Gasteiger partial charge in [0.2, 0.25) is 5.91 Å². The molecule has 7 nitrogen and oxygen atoms in total. The van der Waals surface area contributed by atoms with Gasteiger partial charge in [-0.15, -0.1) is 0 Å². The summed E-state index contributed by atoms with van der Waals surface area (Å²) in [6.45, 7) is 6.55. The molecule has 0 saturated heterocycles. The van der Waals surface area contributed by atoms with Crippen LogP contribution in [0.3, 0.4) is 0 Å². The fourth-order valence-corrected chi connectivity index (χ4v) is 4.22. The van der Waals surface area contributed by atoms with E-state index in [2.05, 4.69) is 23.4 Å². The van der Waals surface area contributed by atoms with Crippen molar-refractivity contribution < 1.29 is 19.1 Å². The van der Waals surface area contributed by atoms with Gasteiger partial charge in [0.25, 0.3) is 0 Å². The number of aromatic nitrogens is 2. The SMILES string of the molecule is CCCOc1ccc(C(=O)C2CC(=O)Nc3c2c(C)nn3-c2cccc(CC)c2)cc1OC. The Hall–Kier alpha value is -3.61. The standard InChI is InChI=1S/C26H29N3O4/c1-5-12-33-21-11-10-18(14-22(21)32-4)25(31)20-15-23(30)27-26-24(20)16(3)28-29(26)19-9-7-8-17(6-2)13-19/h7-11,13-14,20H,5-6,12,15H2,1-4H3,(H,27,30). The van der Waals surface area contributed by atoms with Crippen molar-refractivity contribution in [2.24, 2.45) is 0 Å². The number of hydrogen-bond donors (Lipinski definition) is 1. The minimum atomic E-state index is -0.621. The van der Waals surface area contributed by atoms with Crippen LogP contribution in [0.4, 0.5) is 5.82 Å². The Balaban J connectivity index is 1.73. The number of anilines is 1. The van der Waals surface area contributed by atoms with Crippen molar-refractivity contribution in [1.29, 1.82) is 0 Å². The summed E-state index contributed by atoms with van der Waals surface area (Å²) in [5.74, 6) is 0.686. The van der Waals surface area contributed by atoms with Gasteiger partial charge in [-0.2, -0.15) is 5.10 Å². The van der Waals surface area contributed by atoms with Crippen LogP contribution in [0.2, 0.25) is 0 Å². The number of fused-ring (bicyclic) bond motifs is 1. The van der Waals surface area contributed by atoms with Gasteiger partial charge in [-0.3, -0.25) is 9.59 Å². The summed E-state index contributed by atoms with van der Waals surface area (Å²) in [5, 5.41) is 7.63. The van der Waals surface area contributed by atoms with Crippen LogP contribution in [0.1, 0.15) is 59.8 Å². The van der Waals surface area contributed by atoms with Gasteiger partial charge in [-0.1, -0.05) is 26.0 Å². The second-order valence-corrected chi connectivity index (χ2v) is 8.17. The van der Waals surface area contributed by atoms with Crippen molar-refractivity contribution in [2.75, 3.05) is 19.0 Å². The van der Waals surface area contributed by atoms with Gasteiger partial charge in [-0.05, 0) is 55.7 Å². The molecule has 3 aromatic rings. The number of aryl methyl sites for hydroxylation is 2. The largest absolute Gasteiger partial charge is 0.493 e. The number of benzene rings is 2. The average molecular weight is 448 g/mol. The zero-order valence-corrected chi connectivity index (χ0v) is 19.5. The molecule has 0 saturated carbocycles. The fraction of sp³-hybridized carbons (Fsp3) is 0.346. The van der Waals surface area contributed by atoms with Crippen LogP contribution in [0.15, 0.2) is 42.5 Å². The van der Waals surface area contributed by atoms with Crippen LogP contribution in [0, 0.1) is 6.92 Å². The molecule has 1 amide bonds. The predicted molar refractivity (Wildman–Crippen MR) is 127 cm³/mol. The molecular weight excluding hydrogens is 418 g/mol. The second-order valence-electron chi connectivity index (χ2n) is 8.17. The Morgan fingerprint density at radius 3 is 2.73 bits per heavy atom. The third-order valence-electron chi connectivity index (χ3n) is 5.89. The van der Waals surface area contributed by atoms with Crippen LogP contribution in [-0.2, 0) is 11.2 Å². The number of ether oxygens (including phenoxy) is 2. The van der Waals surface area contributed by atoms with E-state index in [1.54, 1.807) is 30.0 Å². The maximum atomic E-state index is 13.6. The van der Waals surface area contributed by atoms with Crippen LogP contribution in [-0.4, -0.2) is 35.2 Å². The van der Waals surface area contributed by atoms with Crippen LogP contribution in [0.5, 0.6) is 11.5 Å². The number of carbonyl (C=O) groups is 2. The minimum absolute atomic E-state index is 0.0732.